The van der Waals surface area contributed by atoms with Crippen LogP contribution in [0.5, 0.6) is 0 Å². The summed E-state index contributed by atoms with van der Waals surface area (Å²) >= 11 is 11.8. The van der Waals surface area contributed by atoms with Gasteiger partial charge in [0.1, 0.15) is 5.15 Å². The molecule has 0 amide bonds. The van der Waals surface area contributed by atoms with Gasteiger partial charge in [-0.3, -0.25) is 0 Å². The first-order valence-corrected chi connectivity index (χ1v) is 6.26. The minimum absolute atomic E-state index is 0.375. The van der Waals surface area contributed by atoms with Crippen molar-refractivity contribution in [2.75, 3.05) is 6.54 Å². The molecule has 2 atom stereocenters. The summed E-state index contributed by atoms with van der Waals surface area (Å²) in [4.78, 5) is 4.10. The van der Waals surface area contributed by atoms with Crippen LogP contribution >= 0.6 is 23.2 Å². The number of pyridine rings is 1. The molecular formula is C12H12Cl2N2. The van der Waals surface area contributed by atoms with E-state index in [-0.39, 0.29) is 0 Å². The Hall–Kier alpha value is -0.570. The molecule has 0 spiro atoms. The van der Waals surface area contributed by atoms with E-state index in [1.807, 2.05) is 12.3 Å². The van der Waals surface area contributed by atoms with Crippen molar-refractivity contribution in [2.45, 2.75) is 18.9 Å². The van der Waals surface area contributed by atoms with Crippen LogP contribution in [-0.2, 0) is 0 Å². The lowest BCUT2D eigenvalue weighted by Crippen LogP contribution is -2.54. The monoisotopic (exact) mass is 254 g/mol. The third-order valence-corrected chi connectivity index (χ3v) is 4.12. The predicted octanol–water partition coefficient (Wildman–Crippen LogP) is 3.15. The van der Waals surface area contributed by atoms with E-state index in [9.17, 15) is 0 Å². The van der Waals surface area contributed by atoms with E-state index in [4.69, 9.17) is 23.2 Å². The zero-order valence-corrected chi connectivity index (χ0v) is 10.2. The highest BCUT2D eigenvalue weighted by Gasteiger charge is 2.35. The summed E-state index contributed by atoms with van der Waals surface area (Å²) in [6.45, 7) is 1.14. The van der Waals surface area contributed by atoms with E-state index in [0.29, 0.717) is 16.2 Å². The number of fused-ring (bicyclic) bond motifs is 1. The van der Waals surface area contributed by atoms with Crippen molar-refractivity contribution < 1.29 is 0 Å². The molecule has 1 N–H and O–H groups in total. The smallest absolute Gasteiger partial charge is 0.147 e. The van der Waals surface area contributed by atoms with Crippen molar-refractivity contribution in [3.05, 3.63) is 34.1 Å². The lowest BCUT2D eigenvalue weighted by atomic mass is 9.76. The van der Waals surface area contributed by atoms with Crippen molar-refractivity contribution in [3.8, 4) is 0 Å². The summed E-state index contributed by atoms with van der Waals surface area (Å²) in [5, 5.41) is 4.36. The average molecular weight is 255 g/mol. The van der Waals surface area contributed by atoms with Gasteiger partial charge in [-0.25, -0.2) is 4.98 Å². The molecule has 1 saturated heterocycles. The molecule has 0 aromatic carbocycles. The average Bonchev–Trinajstić information content (AvgIpc) is 2.24. The van der Waals surface area contributed by atoms with Crippen LogP contribution in [0.25, 0.3) is 5.57 Å². The highest BCUT2D eigenvalue weighted by atomic mass is 35.5. The van der Waals surface area contributed by atoms with Gasteiger partial charge in [-0.2, -0.15) is 0 Å². The Kier molecular flexibility index (Phi) is 2.66. The second-order valence-corrected chi connectivity index (χ2v) is 5.14. The first-order chi connectivity index (χ1) is 7.75. The fourth-order valence-electron chi connectivity index (χ4n) is 2.49. The van der Waals surface area contributed by atoms with Gasteiger partial charge in [-0.05, 0) is 36.0 Å². The van der Waals surface area contributed by atoms with Crippen LogP contribution in [0.1, 0.15) is 18.4 Å². The molecule has 2 nitrogen and oxygen atoms in total. The Morgan fingerprint density at radius 2 is 2.25 bits per heavy atom. The van der Waals surface area contributed by atoms with Gasteiger partial charge in [0.25, 0.3) is 0 Å². The van der Waals surface area contributed by atoms with Gasteiger partial charge in [0.2, 0.25) is 0 Å². The van der Waals surface area contributed by atoms with Gasteiger partial charge in [-0.1, -0.05) is 29.3 Å². The first kappa shape index (κ1) is 10.6. The third kappa shape index (κ3) is 1.65. The van der Waals surface area contributed by atoms with E-state index in [0.717, 1.165) is 24.4 Å². The van der Waals surface area contributed by atoms with Crippen molar-refractivity contribution in [1.82, 2.24) is 10.3 Å². The second-order valence-electron chi connectivity index (χ2n) is 4.38. The Labute approximate surface area is 105 Å². The zero-order valence-electron chi connectivity index (χ0n) is 8.71. The molecule has 1 aromatic rings. The molecule has 84 valence electrons. The Bertz CT molecular complexity index is 456. The predicted molar refractivity (Wildman–Crippen MR) is 66.7 cm³/mol. The van der Waals surface area contributed by atoms with Gasteiger partial charge < -0.3 is 5.32 Å². The van der Waals surface area contributed by atoms with Crippen LogP contribution in [-0.4, -0.2) is 17.6 Å². The van der Waals surface area contributed by atoms with Crippen molar-refractivity contribution in [1.29, 1.82) is 0 Å². The minimum Gasteiger partial charge on any atom is -0.309 e. The van der Waals surface area contributed by atoms with Gasteiger partial charge in [0, 0.05) is 18.8 Å². The van der Waals surface area contributed by atoms with Crippen LogP contribution in [0.2, 0.25) is 10.2 Å². The van der Waals surface area contributed by atoms with E-state index in [1.165, 1.54) is 12.0 Å². The highest BCUT2D eigenvalue weighted by molar-refractivity contribution is 6.41. The first-order valence-electron chi connectivity index (χ1n) is 5.50. The summed E-state index contributed by atoms with van der Waals surface area (Å²) < 4.78 is 0. The Morgan fingerprint density at radius 1 is 1.38 bits per heavy atom. The van der Waals surface area contributed by atoms with E-state index < -0.39 is 0 Å². The molecule has 2 aliphatic rings. The molecule has 0 unspecified atom stereocenters. The summed E-state index contributed by atoms with van der Waals surface area (Å²) in [5.41, 5.74) is 2.42. The molecule has 4 heteroatoms. The number of aromatic nitrogens is 1. The molecule has 0 bridgehead atoms. The molecule has 16 heavy (non-hydrogen) atoms. The molecule has 1 aliphatic heterocycles. The molecule has 2 heterocycles. The van der Waals surface area contributed by atoms with E-state index in [2.05, 4.69) is 16.4 Å². The van der Waals surface area contributed by atoms with Gasteiger partial charge in [0.05, 0.1) is 5.02 Å². The molecule has 1 aromatic heterocycles. The molecule has 3 rings (SSSR count). The number of nitrogens with one attached hydrogen (secondary N) is 1. The maximum atomic E-state index is 5.99. The van der Waals surface area contributed by atoms with Crippen LogP contribution in [0.3, 0.4) is 0 Å². The number of nitrogens with zero attached hydrogens (tertiary/aromatic N) is 1. The number of halogens is 2. The summed E-state index contributed by atoms with van der Waals surface area (Å²) in [7, 11) is 0. The lowest BCUT2D eigenvalue weighted by Gasteiger charge is -2.42. The maximum Gasteiger partial charge on any atom is 0.147 e. The lowest BCUT2D eigenvalue weighted by molar-refractivity contribution is 0.262. The normalized spacial score (nSPS) is 28.0. The largest absolute Gasteiger partial charge is 0.309 e. The SMILES string of the molecule is Clc1cc(C2=CCC[C@@H]3CN[C@H]23)cnc1Cl. The van der Waals surface area contributed by atoms with Crippen molar-refractivity contribution in [3.63, 3.8) is 0 Å². The Morgan fingerprint density at radius 3 is 2.94 bits per heavy atom. The van der Waals surface area contributed by atoms with Gasteiger partial charge in [0.15, 0.2) is 0 Å². The van der Waals surface area contributed by atoms with Crippen molar-refractivity contribution in [2.24, 2.45) is 5.92 Å². The molecular weight excluding hydrogens is 243 g/mol. The molecule has 0 radical (unpaired) electrons. The van der Waals surface area contributed by atoms with Crippen LogP contribution < -0.4 is 5.32 Å². The minimum atomic E-state index is 0.375. The number of hydrogen-bond donors (Lipinski definition) is 1. The van der Waals surface area contributed by atoms with E-state index >= 15 is 0 Å². The summed E-state index contributed by atoms with van der Waals surface area (Å²) in [6, 6.07) is 2.40. The topological polar surface area (TPSA) is 24.9 Å². The fraction of sp³-hybridized carbons (Fsp3) is 0.417. The maximum absolute atomic E-state index is 5.99. The fourth-order valence-corrected chi connectivity index (χ4v) is 2.76. The zero-order chi connectivity index (χ0) is 11.1. The molecule has 1 fully saturated rings. The number of rotatable bonds is 1. The van der Waals surface area contributed by atoms with Crippen LogP contribution in [0, 0.1) is 5.92 Å². The quantitative estimate of drug-likeness (QED) is 0.780. The van der Waals surface area contributed by atoms with E-state index in [1.54, 1.807) is 0 Å². The van der Waals surface area contributed by atoms with Crippen molar-refractivity contribution >= 4 is 28.8 Å². The molecule has 0 saturated carbocycles. The van der Waals surface area contributed by atoms with Gasteiger partial charge >= 0.3 is 0 Å². The highest BCUT2D eigenvalue weighted by Crippen LogP contribution is 2.36. The van der Waals surface area contributed by atoms with Gasteiger partial charge in [-0.15, -0.1) is 0 Å². The molecule has 1 aliphatic carbocycles. The second kappa shape index (κ2) is 4.02. The summed E-state index contributed by atoms with van der Waals surface area (Å²) in [5.74, 6) is 0.787. The third-order valence-electron chi connectivity index (χ3n) is 3.44. The van der Waals surface area contributed by atoms with Crippen LogP contribution in [0.4, 0.5) is 0 Å². The van der Waals surface area contributed by atoms with Crippen LogP contribution in [0.15, 0.2) is 18.3 Å². The number of hydrogen-bond acceptors (Lipinski definition) is 2. The standard InChI is InChI=1S/C12H12Cl2N2/c13-10-4-8(6-16-12(10)14)9-3-1-2-7-5-15-11(7)9/h3-4,6-7,11,15H,1-2,5H2/t7-,11+/m1/s1. The number of allylic oxidation sites excluding steroid dienone is 1. The summed E-state index contributed by atoms with van der Waals surface area (Å²) in [6.07, 6.45) is 6.53. The Balaban J connectivity index is 1.96.